The SMILES string of the molecule is CCCC1=Cc2cc3[nH]c(cc3CCC)cc3[nH]c(cc4nc(cc1n2)C=C4CCC)cc3CCC. The van der Waals surface area contributed by atoms with Crippen LogP contribution in [0.5, 0.6) is 0 Å². The number of allylic oxidation sites excluding steroid dienone is 2. The predicted octanol–water partition coefficient (Wildman–Crippen LogP) is 8.90. The maximum absolute atomic E-state index is 5.05. The van der Waals surface area contributed by atoms with Crippen LogP contribution in [0.25, 0.3) is 45.4 Å². The summed E-state index contributed by atoms with van der Waals surface area (Å²) in [6.45, 7) is 8.94. The number of nitrogens with one attached hydrogen (secondary N) is 2. The summed E-state index contributed by atoms with van der Waals surface area (Å²) in [6.07, 6.45) is 13.1. The van der Waals surface area contributed by atoms with Gasteiger partial charge in [-0.15, -0.1) is 0 Å². The lowest BCUT2D eigenvalue weighted by Crippen LogP contribution is -1.83. The Morgan fingerprint density at radius 3 is 1.56 bits per heavy atom. The van der Waals surface area contributed by atoms with Crippen molar-refractivity contribution in [1.29, 1.82) is 0 Å². The molecule has 0 aromatic carbocycles. The third-order valence-corrected chi connectivity index (χ3v) is 6.96. The van der Waals surface area contributed by atoms with Crippen LogP contribution < -0.4 is 0 Å². The van der Waals surface area contributed by atoms with Gasteiger partial charge in [0.2, 0.25) is 0 Å². The van der Waals surface area contributed by atoms with E-state index in [1.54, 1.807) is 0 Å². The number of fused-ring (bicyclic) bond motifs is 8. The molecule has 5 rings (SSSR count). The zero-order valence-electron chi connectivity index (χ0n) is 22.2. The van der Waals surface area contributed by atoms with Crippen molar-refractivity contribution >= 4 is 45.4 Å². The van der Waals surface area contributed by atoms with E-state index in [-0.39, 0.29) is 0 Å². The third-order valence-electron chi connectivity index (χ3n) is 6.96. The van der Waals surface area contributed by atoms with Gasteiger partial charge in [-0.25, -0.2) is 9.97 Å². The molecular weight excluding hydrogens is 440 g/mol. The number of hydrogen-bond donors (Lipinski definition) is 2. The van der Waals surface area contributed by atoms with Crippen molar-refractivity contribution in [1.82, 2.24) is 19.9 Å². The molecule has 0 aliphatic carbocycles. The molecule has 36 heavy (non-hydrogen) atoms. The second kappa shape index (κ2) is 10.7. The molecule has 0 unspecified atom stereocenters. The topological polar surface area (TPSA) is 57.4 Å². The van der Waals surface area contributed by atoms with Gasteiger partial charge in [-0.3, -0.25) is 0 Å². The van der Waals surface area contributed by atoms with E-state index in [1.807, 2.05) is 0 Å². The van der Waals surface area contributed by atoms with Crippen LogP contribution in [-0.2, 0) is 12.8 Å². The summed E-state index contributed by atoms with van der Waals surface area (Å²) in [4.78, 5) is 17.5. The molecule has 3 aromatic heterocycles. The summed E-state index contributed by atoms with van der Waals surface area (Å²) in [6, 6.07) is 13.5. The number of hydrogen-bond acceptors (Lipinski definition) is 2. The molecule has 5 heterocycles. The fourth-order valence-corrected chi connectivity index (χ4v) is 5.36. The lowest BCUT2D eigenvalue weighted by molar-refractivity contribution is 0.931. The molecule has 0 radical (unpaired) electrons. The van der Waals surface area contributed by atoms with E-state index < -0.39 is 0 Å². The Bertz CT molecular complexity index is 1480. The Morgan fingerprint density at radius 1 is 0.528 bits per heavy atom. The average molecular weight is 479 g/mol. The summed E-state index contributed by atoms with van der Waals surface area (Å²) < 4.78 is 0. The molecule has 8 bridgehead atoms. The van der Waals surface area contributed by atoms with Crippen LogP contribution in [0.1, 0.15) is 100 Å². The average Bonchev–Trinajstić information content (AvgIpc) is 3.59. The van der Waals surface area contributed by atoms with Crippen LogP contribution in [0.4, 0.5) is 0 Å². The van der Waals surface area contributed by atoms with Gasteiger partial charge in [-0.2, -0.15) is 0 Å². The zero-order valence-corrected chi connectivity index (χ0v) is 22.2. The van der Waals surface area contributed by atoms with E-state index in [9.17, 15) is 0 Å². The molecule has 186 valence electrons. The fraction of sp³-hybridized carbons (Fsp3) is 0.375. The van der Waals surface area contributed by atoms with Crippen molar-refractivity contribution in [2.45, 2.75) is 79.1 Å². The van der Waals surface area contributed by atoms with E-state index in [1.165, 1.54) is 27.8 Å². The van der Waals surface area contributed by atoms with Crippen LogP contribution >= 0.6 is 0 Å². The van der Waals surface area contributed by atoms with E-state index in [0.717, 1.165) is 90.7 Å². The van der Waals surface area contributed by atoms with Crippen molar-refractivity contribution in [3.8, 4) is 0 Å². The van der Waals surface area contributed by atoms with Gasteiger partial charge in [0.25, 0.3) is 0 Å². The molecule has 2 aliphatic heterocycles. The summed E-state index contributed by atoms with van der Waals surface area (Å²) >= 11 is 0. The van der Waals surface area contributed by atoms with E-state index in [0.29, 0.717) is 0 Å². The Labute approximate surface area is 214 Å². The van der Waals surface area contributed by atoms with Crippen LogP contribution in [0.15, 0.2) is 36.4 Å². The first kappa shape index (κ1) is 24.3. The van der Waals surface area contributed by atoms with Gasteiger partial charge >= 0.3 is 0 Å². The van der Waals surface area contributed by atoms with Gasteiger partial charge in [-0.1, -0.05) is 53.4 Å². The van der Waals surface area contributed by atoms with Gasteiger partial charge in [0, 0.05) is 22.1 Å². The smallest absolute Gasteiger partial charge is 0.0691 e. The van der Waals surface area contributed by atoms with Crippen LogP contribution in [0, 0.1) is 0 Å². The van der Waals surface area contributed by atoms with Crippen molar-refractivity contribution in [2.75, 3.05) is 0 Å². The number of aryl methyl sites for hydroxylation is 2. The zero-order chi connectivity index (χ0) is 25.1. The Balaban J connectivity index is 1.84. The number of nitrogens with zero attached hydrogens (tertiary/aromatic N) is 2. The van der Waals surface area contributed by atoms with E-state index in [4.69, 9.17) is 9.97 Å². The van der Waals surface area contributed by atoms with Crippen LogP contribution in [-0.4, -0.2) is 19.9 Å². The summed E-state index contributed by atoms with van der Waals surface area (Å²) in [5.41, 5.74) is 14.0. The molecule has 0 saturated heterocycles. The molecule has 2 aliphatic rings. The van der Waals surface area contributed by atoms with E-state index >= 15 is 0 Å². The van der Waals surface area contributed by atoms with Gasteiger partial charge in [0.15, 0.2) is 0 Å². The Morgan fingerprint density at radius 2 is 1.00 bits per heavy atom. The molecule has 0 amide bonds. The van der Waals surface area contributed by atoms with Crippen molar-refractivity contribution in [3.05, 3.63) is 70.3 Å². The first-order chi connectivity index (χ1) is 17.6. The summed E-state index contributed by atoms with van der Waals surface area (Å²) in [5, 5.41) is 0. The maximum atomic E-state index is 5.05. The second-order valence-electron chi connectivity index (χ2n) is 10.1. The van der Waals surface area contributed by atoms with Gasteiger partial charge < -0.3 is 9.97 Å². The number of aromatic amines is 2. The largest absolute Gasteiger partial charge is 0.355 e. The molecule has 0 atom stereocenters. The van der Waals surface area contributed by atoms with Crippen molar-refractivity contribution in [2.24, 2.45) is 0 Å². The molecule has 4 heteroatoms. The maximum Gasteiger partial charge on any atom is 0.0691 e. The molecule has 2 N–H and O–H groups in total. The molecule has 3 aromatic rings. The van der Waals surface area contributed by atoms with E-state index in [2.05, 4.69) is 86.2 Å². The molecule has 0 saturated carbocycles. The van der Waals surface area contributed by atoms with Gasteiger partial charge in [-0.05, 0) is 96.5 Å². The minimum atomic E-state index is 1.000. The highest BCUT2D eigenvalue weighted by Gasteiger charge is 2.14. The monoisotopic (exact) mass is 478 g/mol. The predicted molar refractivity (Wildman–Crippen MR) is 155 cm³/mol. The van der Waals surface area contributed by atoms with Gasteiger partial charge in [0.05, 0.1) is 22.8 Å². The Hall–Kier alpha value is -3.40. The quantitative estimate of drug-likeness (QED) is 0.339. The lowest BCUT2D eigenvalue weighted by Gasteiger charge is -1.97. The standard InChI is InChI=1S/C32H38N4/c1-5-9-21-13-25-18-30-23(11-7-3)15-27(35-30)20-32-24(12-8-4)16-28(36-32)19-31-22(10-6-2)14-26(34-31)17-29(21)33-25/h13-20,33-34H,5-12H2,1-4H3. The molecular formula is C32H38N4. The van der Waals surface area contributed by atoms with Crippen molar-refractivity contribution in [3.63, 3.8) is 0 Å². The van der Waals surface area contributed by atoms with Crippen molar-refractivity contribution < 1.29 is 0 Å². The highest BCUT2D eigenvalue weighted by molar-refractivity contribution is 5.87. The highest BCUT2D eigenvalue weighted by atomic mass is 14.8. The third kappa shape index (κ3) is 5.09. The normalized spacial score (nSPS) is 13.1. The second-order valence-corrected chi connectivity index (χ2v) is 10.1. The molecule has 0 fully saturated rings. The number of aromatic nitrogens is 4. The lowest BCUT2D eigenvalue weighted by atomic mass is 10.1. The van der Waals surface area contributed by atoms with Crippen LogP contribution in [0.3, 0.4) is 0 Å². The van der Waals surface area contributed by atoms with Crippen LogP contribution in [0.2, 0.25) is 0 Å². The number of rotatable bonds is 8. The molecule has 4 nitrogen and oxygen atoms in total. The first-order valence-corrected chi connectivity index (χ1v) is 13.8. The minimum Gasteiger partial charge on any atom is -0.355 e. The summed E-state index contributed by atoms with van der Waals surface area (Å²) in [7, 11) is 0. The summed E-state index contributed by atoms with van der Waals surface area (Å²) in [5.74, 6) is 0. The fourth-order valence-electron chi connectivity index (χ4n) is 5.36. The minimum absolute atomic E-state index is 1.000. The number of H-pyrrole nitrogens is 2. The first-order valence-electron chi connectivity index (χ1n) is 13.8. The Kier molecular flexibility index (Phi) is 7.22. The molecule has 0 spiro atoms. The highest BCUT2D eigenvalue weighted by Crippen LogP contribution is 2.30. The van der Waals surface area contributed by atoms with Gasteiger partial charge in [0.1, 0.15) is 0 Å².